The van der Waals surface area contributed by atoms with Crippen molar-refractivity contribution in [2.24, 2.45) is 5.92 Å². The normalized spacial score (nSPS) is 17.5. The molecule has 6 nitrogen and oxygen atoms in total. The highest BCUT2D eigenvalue weighted by atomic mass is 16.5. The third-order valence-corrected chi connectivity index (χ3v) is 5.83. The van der Waals surface area contributed by atoms with E-state index in [-0.39, 0.29) is 24.3 Å². The minimum absolute atomic E-state index is 0.0684. The molecule has 0 spiro atoms. The molecule has 3 aromatic rings. The van der Waals surface area contributed by atoms with Crippen molar-refractivity contribution in [3.8, 4) is 17.2 Å². The number of hydrogen-bond acceptors (Lipinski definition) is 4. The quantitative estimate of drug-likeness (QED) is 0.699. The average Bonchev–Trinajstić information content (AvgIpc) is 3.20. The first-order valence-electron chi connectivity index (χ1n) is 10.2. The Labute approximate surface area is 180 Å². The first-order valence-corrected chi connectivity index (χ1v) is 10.2. The minimum atomic E-state index is -0.430. The van der Waals surface area contributed by atoms with Crippen molar-refractivity contribution in [1.29, 1.82) is 0 Å². The van der Waals surface area contributed by atoms with Crippen LogP contribution < -0.4 is 19.7 Å². The standard InChI is InChI=1S/C25H22N2O4/c1-30-18-8-6-7-17(14-18)27-15-16(13-23(27)28)25(29)26-24-19-9-2-4-11-21(19)31-22-12-5-3-10-20(22)24/h2-12,14,16,24H,13,15H2,1H3,(H,26,29). The van der Waals surface area contributed by atoms with Crippen molar-refractivity contribution in [2.75, 3.05) is 18.6 Å². The molecule has 1 fully saturated rings. The first-order chi connectivity index (χ1) is 15.1. The molecule has 0 bridgehead atoms. The fraction of sp³-hybridized carbons (Fsp3) is 0.200. The largest absolute Gasteiger partial charge is 0.497 e. The monoisotopic (exact) mass is 414 g/mol. The fourth-order valence-electron chi connectivity index (χ4n) is 4.24. The van der Waals surface area contributed by atoms with Gasteiger partial charge in [0.25, 0.3) is 0 Å². The second kappa shape index (κ2) is 7.80. The summed E-state index contributed by atoms with van der Waals surface area (Å²) >= 11 is 0. The van der Waals surface area contributed by atoms with Crippen molar-refractivity contribution in [3.05, 3.63) is 83.9 Å². The minimum Gasteiger partial charge on any atom is -0.497 e. The number of carbonyl (C=O) groups excluding carboxylic acids is 2. The summed E-state index contributed by atoms with van der Waals surface area (Å²) in [6, 6.07) is 22.4. The molecule has 0 saturated carbocycles. The third-order valence-electron chi connectivity index (χ3n) is 5.83. The van der Waals surface area contributed by atoms with E-state index in [1.807, 2.05) is 72.8 Å². The summed E-state index contributed by atoms with van der Waals surface area (Å²) in [4.78, 5) is 27.5. The van der Waals surface area contributed by atoms with Gasteiger partial charge in [0.2, 0.25) is 11.8 Å². The van der Waals surface area contributed by atoms with Crippen LogP contribution in [0.5, 0.6) is 17.2 Å². The highest BCUT2D eigenvalue weighted by Crippen LogP contribution is 2.42. The fourth-order valence-corrected chi connectivity index (χ4v) is 4.24. The van der Waals surface area contributed by atoms with Crippen LogP contribution in [0.1, 0.15) is 23.6 Å². The van der Waals surface area contributed by atoms with E-state index >= 15 is 0 Å². The van der Waals surface area contributed by atoms with Crippen molar-refractivity contribution < 1.29 is 19.1 Å². The van der Waals surface area contributed by atoms with E-state index < -0.39 is 5.92 Å². The number of ether oxygens (including phenoxy) is 2. The third kappa shape index (κ3) is 3.50. The zero-order valence-corrected chi connectivity index (χ0v) is 17.1. The van der Waals surface area contributed by atoms with E-state index in [9.17, 15) is 9.59 Å². The molecule has 5 rings (SSSR count). The molecule has 31 heavy (non-hydrogen) atoms. The highest BCUT2D eigenvalue weighted by molar-refractivity contribution is 6.00. The lowest BCUT2D eigenvalue weighted by Gasteiger charge is -2.29. The van der Waals surface area contributed by atoms with Crippen LogP contribution in [0.3, 0.4) is 0 Å². The highest BCUT2D eigenvalue weighted by Gasteiger charge is 2.37. The van der Waals surface area contributed by atoms with Crippen molar-refractivity contribution in [3.63, 3.8) is 0 Å². The van der Waals surface area contributed by atoms with Crippen molar-refractivity contribution >= 4 is 17.5 Å². The molecule has 2 aliphatic rings. The van der Waals surface area contributed by atoms with E-state index in [1.165, 1.54) is 0 Å². The number of anilines is 1. The van der Waals surface area contributed by atoms with Gasteiger partial charge < -0.3 is 19.7 Å². The van der Waals surface area contributed by atoms with Gasteiger partial charge in [-0.15, -0.1) is 0 Å². The lowest BCUT2D eigenvalue weighted by atomic mass is 9.93. The number of nitrogens with one attached hydrogen (secondary N) is 1. The maximum atomic E-state index is 13.2. The molecule has 1 atom stereocenters. The number of rotatable bonds is 4. The maximum absolute atomic E-state index is 13.2. The molecule has 1 N–H and O–H groups in total. The summed E-state index contributed by atoms with van der Waals surface area (Å²) in [5, 5.41) is 3.17. The molecule has 1 unspecified atom stereocenters. The van der Waals surface area contributed by atoms with Crippen LogP contribution >= 0.6 is 0 Å². The molecule has 0 aromatic heterocycles. The molecule has 0 radical (unpaired) electrons. The van der Waals surface area contributed by atoms with E-state index in [0.717, 1.165) is 28.3 Å². The van der Waals surface area contributed by atoms with Gasteiger partial charge in [-0.25, -0.2) is 0 Å². The molecule has 156 valence electrons. The Balaban J connectivity index is 1.38. The summed E-state index contributed by atoms with van der Waals surface area (Å²) in [7, 11) is 1.59. The topological polar surface area (TPSA) is 67.9 Å². The van der Waals surface area contributed by atoms with Gasteiger partial charge in [-0.05, 0) is 24.3 Å². The van der Waals surface area contributed by atoms with Gasteiger partial charge in [0.1, 0.15) is 17.2 Å². The predicted octanol–water partition coefficient (Wildman–Crippen LogP) is 4.06. The number of amides is 2. The van der Waals surface area contributed by atoms with Crippen LogP contribution in [0, 0.1) is 5.92 Å². The van der Waals surface area contributed by atoms with Gasteiger partial charge in [-0.1, -0.05) is 42.5 Å². The van der Waals surface area contributed by atoms with Crippen LogP contribution in [-0.2, 0) is 9.59 Å². The van der Waals surface area contributed by atoms with Crippen LogP contribution in [0.2, 0.25) is 0 Å². The number of nitrogens with zero attached hydrogens (tertiary/aromatic N) is 1. The SMILES string of the molecule is COc1cccc(N2CC(C(=O)NC3c4ccccc4Oc4ccccc43)CC2=O)c1. The van der Waals surface area contributed by atoms with E-state index in [0.29, 0.717) is 12.3 Å². The second-order valence-corrected chi connectivity index (χ2v) is 7.73. The van der Waals surface area contributed by atoms with Crippen LogP contribution in [0.4, 0.5) is 5.69 Å². The summed E-state index contributed by atoms with van der Waals surface area (Å²) in [6.45, 7) is 0.338. The zero-order valence-electron chi connectivity index (χ0n) is 17.1. The lowest BCUT2D eigenvalue weighted by molar-refractivity contribution is -0.126. The molecule has 2 amide bonds. The number of para-hydroxylation sites is 2. The molecular weight excluding hydrogens is 392 g/mol. The molecule has 2 aliphatic heterocycles. The second-order valence-electron chi connectivity index (χ2n) is 7.73. The van der Waals surface area contributed by atoms with E-state index in [1.54, 1.807) is 12.0 Å². The first kappa shape index (κ1) is 19.2. The number of carbonyl (C=O) groups is 2. The number of fused-ring (bicyclic) bond motifs is 2. The van der Waals surface area contributed by atoms with Gasteiger partial charge in [0.05, 0.1) is 19.1 Å². The Morgan fingerprint density at radius 2 is 1.68 bits per heavy atom. The van der Waals surface area contributed by atoms with Crippen LogP contribution in [0.25, 0.3) is 0 Å². The molecule has 6 heteroatoms. The van der Waals surface area contributed by atoms with E-state index in [2.05, 4.69) is 5.32 Å². The summed E-state index contributed by atoms with van der Waals surface area (Å²) in [6.07, 6.45) is 0.176. The van der Waals surface area contributed by atoms with E-state index in [4.69, 9.17) is 9.47 Å². The van der Waals surface area contributed by atoms with Crippen LogP contribution in [-0.4, -0.2) is 25.5 Å². The zero-order chi connectivity index (χ0) is 21.4. The van der Waals surface area contributed by atoms with Gasteiger partial charge >= 0.3 is 0 Å². The lowest BCUT2D eigenvalue weighted by Crippen LogP contribution is -2.37. The molecule has 1 saturated heterocycles. The van der Waals surface area contributed by atoms with Gasteiger partial charge in [-0.2, -0.15) is 0 Å². The Morgan fingerprint density at radius 1 is 1.00 bits per heavy atom. The van der Waals surface area contributed by atoms with Gasteiger partial charge in [-0.3, -0.25) is 9.59 Å². The molecule has 2 heterocycles. The molecular formula is C25H22N2O4. The van der Waals surface area contributed by atoms with Gasteiger partial charge in [0, 0.05) is 35.8 Å². The van der Waals surface area contributed by atoms with Crippen molar-refractivity contribution in [2.45, 2.75) is 12.5 Å². The smallest absolute Gasteiger partial charge is 0.227 e. The summed E-state index contributed by atoms with van der Waals surface area (Å²) in [5.74, 6) is 1.49. The Hall–Kier alpha value is -3.80. The number of benzene rings is 3. The maximum Gasteiger partial charge on any atom is 0.227 e. The summed E-state index contributed by atoms with van der Waals surface area (Å²) in [5.41, 5.74) is 2.55. The Kier molecular flexibility index (Phi) is 4.82. The Bertz CT molecular complexity index is 1110. The number of hydrogen-bond donors (Lipinski definition) is 1. The Morgan fingerprint density at radius 3 is 2.35 bits per heavy atom. The summed E-state index contributed by atoms with van der Waals surface area (Å²) < 4.78 is 11.3. The van der Waals surface area contributed by atoms with Gasteiger partial charge in [0.15, 0.2) is 0 Å². The molecule has 3 aromatic carbocycles. The average molecular weight is 414 g/mol. The number of methoxy groups -OCH3 is 1. The predicted molar refractivity (Wildman–Crippen MR) is 116 cm³/mol. The van der Waals surface area contributed by atoms with Crippen molar-refractivity contribution in [1.82, 2.24) is 5.32 Å². The van der Waals surface area contributed by atoms with Crippen LogP contribution in [0.15, 0.2) is 72.8 Å². The molecule has 0 aliphatic carbocycles.